The minimum atomic E-state index is -3.40. The fraction of sp³-hybridized carbons (Fsp3) is 0.417. The topological polar surface area (TPSA) is 75.3 Å². The predicted molar refractivity (Wildman–Crippen MR) is 77.7 cm³/mol. The lowest BCUT2D eigenvalue weighted by Crippen LogP contribution is -2.37. The van der Waals surface area contributed by atoms with Crippen LogP contribution in [0, 0.1) is 0 Å². The van der Waals surface area contributed by atoms with Gasteiger partial charge in [0, 0.05) is 18.8 Å². The van der Waals surface area contributed by atoms with Crippen molar-refractivity contribution in [2.45, 2.75) is 17.9 Å². The highest BCUT2D eigenvalue weighted by Crippen LogP contribution is 2.14. The summed E-state index contributed by atoms with van der Waals surface area (Å²) in [7, 11) is -1.61. The first-order valence-corrected chi connectivity index (χ1v) is 7.50. The quantitative estimate of drug-likeness (QED) is 0.846. The van der Waals surface area contributed by atoms with Crippen LogP contribution in [-0.2, 0) is 9.84 Å². The first-order chi connectivity index (χ1) is 8.36. The fourth-order valence-corrected chi connectivity index (χ4v) is 2.31. The number of halogens is 1. The molecular weight excluding hydrogens is 288 g/mol. The molecule has 0 spiro atoms. The zero-order chi connectivity index (χ0) is 13.8. The Labute approximate surface area is 120 Å². The largest absolute Gasteiger partial charge is 0.350 e. The Morgan fingerprint density at radius 2 is 1.89 bits per heavy atom. The third kappa shape index (κ3) is 5.18. The van der Waals surface area contributed by atoms with E-state index in [9.17, 15) is 13.2 Å². The predicted octanol–water partition coefficient (Wildman–Crippen LogP) is 0.850. The van der Waals surface area contributed by atoms with Crippen molar-refractivity contribution in [2.75, 3.05) is 19.8 Å². The van der Waals surface area contributed by atoms with Crippen molar-refractivity contribution in [1.82, 2.24) is 10.6 Å². The van der Waals surface area contributed by atoms with E-state index < -0.39 is 9.84 Å². The number of hydrogen-bond acceptors (Lipinski definition) is 4. The van der Waals surface area contributed by atoms with Gasteiger partial charge in [-0.15, -0.1) is 12.4 Å². The van der Waals surface area contributed by atoms with Gasteiger partial charge in [-0.25, -0.2) is 8.42 Å². The van der Waals surface area contributed by atoms with Gasteiger partial charge >= 0.3 is 0 Å². The zero-order valence-corrected chi connectivity index (χ0v) is 12.8. The van der Waals surface area contributed by atoms with Crippen LogP contribution in [0.15, 0.2) is 29.2 Å². The Morgan fingerprint density at radius 3 is 2.42 bits per heavy atom. The molecule has 1 atom stereocenters. The third-order valence-electron chi connectivity index (χ3n) is 2.59. The summed E-state index contributed by atoms with van der Waals surface area (Å²) in [6.45, 7) is 2.36. The summed E-state index contributed by atoms with van der Waals surface area (Å²) in [4.78, 5) is 12.0. The third-order valence-corrected chi connectivity index (χ3v) is 3.75. The second-order valence-corrected chi connectivity index (χ2v) is 6.15. The lowest BCUT2D eigenvalue weighted by atomic mass is 10.2. The second kappa shape index (κ2) is 7.47. The van der Waals surface area contributed by atoms with Gasteiger partial charge in [0.2, 0.25) is 0 Å². The molecule has 1 aromatic carbocycles. The van der Waals surface area contributed by atoms with Crippen molar-refractivity contribution >= 4 is 28.2 Å². The average molecular weight is 307 g/mol. The molecule has 19 heavy (non-hydrogen) atoms. The molecule has 0 saturated carbocycles. The number of nitrogens with one attached hydrogen (secondary N) is 2. The highest BCUT2D eigenvalue weighted by molar-refractivity contribution is 7.90. The fourth-order valence-electron chi connectivity index (χ4n) is 1.42. The van der Waals surface area contributed by atoms with Crippen molar-refractivity contribution in [3.05, 3.63) is 29.8 Å². The van der Waals surface area contributed by atoms with E-state index >= 15 is 0 Å². The van der Waals surface area contributed by atoms with E-state index in [4.69, 9.17) is 0 Å². The maximum Gasteiger partial charge on any atom is 0.252 e. The second-order valence-electron chi connectivity index (χ2n) is 4.17. The Hall–Kier alpha value is -1.11. The monoisotopic (exact) mass is 306 g/mol. The van der Waals surface area contributed by atoms with Gasteiger partial charge in [0.15, 0.2) is 9.84 Å². The lowest BCUT2D eigenvalue weighted by Gasteiger charge is -2.12. The van der Waals surface area contributed by atoms with Crippen LogP contribution in [0.3, 0.4) is 0 Å². The summed E-state index contributed by atoms with van der Waals surface area (Å²) in [5.74, 6) is -0.377. The number of hydrogen-bond donors (Lipinski definition) is 2. The van der Waals surface area contributed by atoms with Crippen molar-refractivity contribution in [2.24, 2.45) is 0 Å². The highest BCUT2D eigenvalue weighted by atomic mass is 35.5. The lowest BCUT2D eigenvalue weighted by molar-refractivity contribution is 0.0947. The van der Waals surface area contributed by atoms with Crippen LogP contribution >= 0.6 is 12.4 Å². The molecule has 0 aromatic heterocycles. The number of rotatable bonds is 5. The summed E-state index contributed by atoms with van der Waals surface area (Å²) in [6, 6.07) is 6.31. The minimum absolute atomic E-state index is 0. The van der Waals surface area contributed by atoms with Crippen molar-refractivity contribution < 1.29 is 13.2 Å². The van der Waals surface area contributed by atoms with Gasteiger partial charge in [-0.2, -0.15) is 0 Å². The summed E-state index contributed by atoms with van der Waals surface area (Å²) in [5.41, 5.74) is 0.184. The SMILES string of the molecule is CNC(C)CNC(=O)c1ccccc1S(C)(=O)=O.Cl. The van der Waals surface area contributed by atoms with Gasteiger partial charge in [-0.05, 0) is 26.1 Å². The Kier molecular flexibility index (Phi) is 7.04. The van der Waals surface area contributed by atoms with Crippen molar-refractivity contribution in [3.8, 4) is 0 Å². The molecule has 2 N–H and O–H groups in total. The first-order valence-electron chi connectivity index (χ1n) is 5.61. The summed E-state index contributed by atoms with van der Waals surface area (Å²) >= 11 is 0. The van der Waals surface area contributed by atoms with Crippen molar-refractivity contribution in [1.29, 1.82) is 0 Å². The van der Waals surface area contributed by atoms with E-state index in [0.717, 1.165) is 6.26 Å². The highest BCUT2D eigenvalue weighted by Gasteiger charge is 2.17. The molecule has 0 aliphatic rings. The van der Waals surface area contributed by atoms with E-state index in [1.807, 2.05) is 6.92 Å². The molecule has 108 valence electrons. The number of carbonyl (C=O) groups is 1. The summed E-state index contributed by atoms with van der Waals surface area (Å²) < 4.78 is 23.1. The van der Waals surface area contributed by atoms with Gasteiger partial charge in [-0.1, -0.05) is 12.1 Å². The number of sulfone groups is 1. The van der Waals surface area contributed by atoms with E-state index in [1.165, 1.54) is 12.1 Å². The minimum Gasteiger partial charge on any atom is -0.350 e. The van der Waals surface area contributed by atoms with Crippen molar-refractivity contribution in [3.63, 3.8) is 0 Å². The van der Waals surface area contributed by atoms with Crippen LogP contribution in [0.2, 0.25) is 0 Å². The molecule has 0 aliphatic carbocycles. The summed E-state index contributed by atoms with van der Waals surface area (Å²) in [5, 5.41) is 5.68. The Balaban J connectivity index is 0.00000324. The molecule has 0 fully saturated rings. The van der Waals surface area contributed by atoms with Crippen LogP contribution in [0.5, 0.6) is 0 Å². The molecule has 1 aromatic rings. The molecule has 0 heterocycles. The van der Waals surface area contributed by atoms with Gasteiger partial charge < -0.3 is 10.6 Å². The number of carbonyl (C=O) groups excluding carboxylic acids is 1. The number of amides is 1. The summed E-state index contributed by atoms with van der Waals surface area (Å²) in [6.07, 6.45) is 1.09. The molecule has 0 aliphatic heterocycles. The molecule has 1 unspecified atom stereocenters. The Morgan fingerprint density at radius 1 is 1.32 bits per heavy atom. The number of likely N-dealkylation sites (N-methyl/N-ethyl adjacent to an activating group) is 1. The van der Waals surface area contributed by atoms with E-state index in [2.05, 4.69) is 10.6 Å². The van der Waals surface area contributed by atoms with E-state index in [0.29, 0.717) is 6.54 Å². The first kappa shape index (κ1) is 17.9. The molecular formula is C12H19ClN2O3S. The van der Waals surface area contributed by atoms with Gasteiger partial charge in [0.1, 0.15) is 0 Å². The zero-order valence-electron chi connectivity index (χ0n) is 11.1. The van der Waals surface area contributed by atoms with Gasteiger partial charge in [0.25, 0.3) is 5.91 Å². The average Bonchev–Trinajstić information content (AvgIpc) is 2.34. The molecule has 7 heteroatoms. The maximum absolute atomic E-state index is 11.9. The van der Waals surface area contributed by atoms with Crippen LogP contribution < -0.4 is 10.6 Å². The smallest absolute Gasteiger partial charge is 0.252 e. The molecule has 1 rings (SSSR count). The molecule has 0 saturated heterocycles. The van der Waals surface area contributed by atoms with Crippen LogP contribution in [0.25, 0.3) is 0 Å². The van der Waals surface area contributed by atoms with E-state index in [1.54, 1.807) is 19.2 Å². The van der Waals surface area contributed by atoms with Crippen LogP contribution in [-0.4, -0.2) is 40.2 Å². The van der Waals surface area contributed by atoms with E-state index in [-0.39, 0.29) is 34.8 Å². The van der Waals surface area contributed by atoms with Crippen LogP contribution in [0.4, 0.5) is 0 Å². The molecule has 5 nitrogen and oxygen atoms in total. The standard InChI is InChI=1S/C12H18N2O3S.ClH/c1-9(13-2)8-14-12(15)10-6-4-5-7-11(10)18(3,16)17;/h4-7,9,13H,8H2,1-3H3,(H,14,15);1H. The van der Waals surface area contributed by atoms with Crippen LogP contribution in [0.1, 0.15) is 17.3 Å². The molecule has 0 radical (unpaired) electrons. The Bertz CT molecular complexity index is 532. The van der Waals surface area contributed by atoms with Gasteiger partial charge in [0.05, 0.1) is 10.5 Å². The normalized spacial score (nSPS) is 12.4. The maximum atomic E-state index is 11.9. The molecule has 1 amide bonds. The van der Waals surface area contributed by atoms with Gasteiger partial charge in [-0.3, -0.25) is 4.79 Å². The molecule has 0 bridgehead atoms. The number of benzene rings is 1.